The fraction of sp³-hybridized carbons (Fsp3) is 0.545. The van der Waals surface area contributed by atoms with Gasteiger partial charge in [0, 0.05) is 13.0 Å². The predicted octanol–water partition coefficient (Wildman–Crippen LogP) is 0.295. The van der Waals surface area contributed by atoms with E-state index in [-0.39, 0.29) is 5.03 Å². The summed E-state index contributed by atoms with van der Waals surface area (Å²) in [6.45, 7) is 4.30. The molecular formula is C11H16N6O2S. The van der Waals surface area contributed by atoms with Crippen molar-refractivity contribution in [3.05, 3.63) is 23.7 Å². The Labute approximate surface area is 116 Å². The number of hydrogen-bond donors (Lipinski definition) is 2. The maximum atomic E-state index is 12.2. The van der Waals surface area contributed by atoms with Crippen molar-refractivity contribution in [2.75, 3.05) is 0 Å². The Morgan fingerprint density at radius 1 is 1.45 bits per heavy atom. The average molecular weight is 296 g/mol. The summed E-state index contributed by atoms with van der Waals surface area (Å²) in [5.41, 5.74) is 0. The lowest BCUT2D eigenvalue weighted by Crippen LogP contribution is -2.29. The van der Waals surface area contributed by atoms with E-state index in [0.717, 1.165) is 25.2 Å². The molecule has 0 amide bonds. The zero-order chi connectivity index (χ0) is 14.3. The number of nitrogens with zero attached hydrogens (tertiary/aromatic N) is 4. The first-order valence-corrected chi connectivity index (χ1v) is 7.91. The summed E-state index contributed by atoms with van der Waals surface area (Å²) in [7, 11) is -3.63. The monoisotopic (exact) mass is 296 g/mol. The Morgan fingerprint density at radius 2 is 2.25 bits per heavy atom. The van der Waals surface area contributed by atoms with Gasteiger partial charge in [-0.15, -0.1) is 10.2 Å². The third kappa shape index (κ3) is 2.22. The Balaban J connectivity index is 1.83. The molecule has 0 saturated heterocycles. The molecule has 20 heavy (non-hydrogen) atoms. The summed E-state index contributed by atoms with van der Waals surface area (Å²) in [5.74, 6) is 2.13. The van der Waals surface area contributed by atoms with E-state index in [1.165, 1.54) is 6.20 Å². The van der Waals surface area contributed by atoms with Crippen LogP contribution in [0.1, 0.15) is 36.9 Å². The van der Waals surface area contributed by atoms with Crippen LogP contribution in [-0.2, 0) is 23.0 Å². The molecule has 2 aromatic heterocycles. The number of aromatic amines is 1. The third-order valence-corrected chi connectivity index (χ3v) is 4.78. The fourth-order valence-electron chi connectivity index (χ4n) is 2.38. The van der Waals surface area contributed by atoms with E-state index in [9.17, 15) is 8.42 Å². The molecule has 0 spiro atoms. The summed E-state index contributed by atoms with van der Waals surface area (Å²) in [6.07, 6.45) is 3.22. The molecule has 1 aliphatic rings. The lowest BCUT2D eigenvalue weighted by atomic mass is 10.3. The molecule has 1 unspecified atom stereocenters. The molecule has 0 saturated carbocycles. The van der Waals surface area contributed by atoms with Crippen LogP contribution in [0.2, 0.25) is 0 Å². The van der Waals surface area contributed by atoms with E-state index in [0.29, 0.717) is 11.6 Å². The lowest BCUT2D eigenvalue weighted by Gasteiger charge is -2.13. The van der Waals surface area contributed by atoms with Gasteiger partial charge in [0.1, 0.15) is 11.6 Å². The Hall–Kier alpha value is -1.74. The van der Waals surface area contributed by atoms with Crippen molar-refractivity contribution in [2.24, 2.45) is 0 Å². The highest BCUT2D eigenvalue weighted by Crippen LogP contribution is 2.20. The zero-order valence-electron chi connectivity index (χ0n) is 11.3. The van der Waals surface area contributed by atoms with Gasteiger partial charge in [-0.25, -0.2) is 13.4 Å². The van der Waals surface area contributed by atoms with Crippen molar-refractivity contribution in [2.45, 2.75) is 44.3 Å². The van der Waals surface area contributed by atoms with Crippen molar-refractivity contribution in [3.63, 3.8) is 0 Å². The van der Waals surface area contributed by atoms with Gasteiger partial charge >= 0.3 is 0 Å². The number of H-pyrrole nitrogens is 1. The van der Waals surface area contributed by atoms with Gasteiger partial charge in [0.15, 0.2) is 10.9 Å². The van der Waals surface area contributed by atoms with Gasteiger partial charge in [0.2, 0.25) is 0 Å². The van der Waals surface area contributed by atoms with Crippen LogP contribution in [0.5, 0.6) is 0 Å². The molecular weight excluding hydrogens is 280 g/mol. The molecule has 1 aliphatic heterocycles. The van der Waals surface area contributed by atoms with E-state index in [2.05, 4.69) is 24.9 Å². The molecule has 2 N–H and O–H groups in total. The van der Waals surface area contributed by atoms with Crippen LogP contribution >= 0.6 is 0 Å². The summed E-state index contributed by atoms with van der Waals surface area (Å²) in [4.78, 5) is 6.62. The number of nitrogens with one attached hydrogen (secondary N) is 2. The summed E-state index contributed by atoms with van der Waals surface area (Å²) in [5, 5.41) is 8.22. The molecule has 3 heterocycles. The topological polar surface area (TPSA) is 106 Å². The molecule has 0 radical (unpaired) electrons. The Morgan fingerprint density at radius 3 is 2.95 bits per heavy atom. The number of hydrogen-bond acceptors (Lipinski definition) is 5. The van der Waals surface area contributed by atoms with Crippen molar-refractivity contribution in [3.8, 4) is 0 Å². The van der Waals surface area contributed by atoms with Crippen LogP contribution < -0.4 is 4.72 Å². The standard InChI is InChI=1S/C11H16N6O2S/c1-7(11-15-14-9-4-3-5-17(9)11)16-20(18,19)10-6-12-8(2)13-10/h6-7,16H,3-5H2,1-2H3,(H,12,13). The molecule has 1 atom stereocenters. The highest BCUT2D eigenvalue weighted by atomic mass is 32.2. The van der Waals surface area contributed by atoms with E-state index >= 15 is 0 Å². The predicted molar refractivity (Wildman–Crippen MR) is 70.4 cm³/mol. The first-order valence-electron chi connectivity index (χ1n) is 6.43. The average Bonchev–Trinajstić information content (AvgIpc) is 3.01. The number of aryl methyl sites for hydroxylation is 2. The largest absolute Gasteiger partial charge is 0.332 e. The van der Waals surface area contributed by atoms with Gasteiger partial charge in [-0.05, 0) is 20.3 Å². The van der Waals surface area contributed by atoms with Gasteiger partial charge in [-0.3, -0.25) is 0 Å². The molecule has 108 valence electrons. The number of imidazole rings is 1. The number of aromatic nitrogens is 5. The molecule has 0 aromatic carbocycles. The molecule has 9 heteroatoms. The van der Waals surface area contributed by atoms with Crippen LogP contribution in [0.4, 0.5) is 0 Å². The first kappa shape index (κ1) is 13.3. The summed E-state index contributed by atoms with van der Waals surface area (Å²) < 4.78 is 29.0. The number of rotatable bonds is 4. The number of fused-ring (bicyclic) bond motifs is 1. The second-order valence-electron chi connectivity index (χ2n) is 4.91. The molecule has 0 aliphatic carbocycles. The van der Waals surface area contributed by atoms with Crippen LogP contribution in [0, 0.1) is 6.92 Å². The second kappa shape index (κ2) is 4.67. The highest BCUT2D eigenvalue weighted by Gasteiger charge is 2.26. The van der Waals surface area contributed by atoms with E-state index in [4.69, 9.17) is 0 Å². The van der Waals surface area contributed by atoms with Crippen molar-refractivity contribution >= 4 is 10.0 Å². The molecule has 0 fully saturated rings. The van der Waals surface area contributed by atoms with Crippen molar-refractivity contribution in [1.82, 2.24) is 29.5 Å². The van der Waals surface area contributed by atoms with E-state index in [1.807, 2.05) is 4.57 Å². The minimum atomic E-state index is -3.63. The quantitative estimate of drug-likeness (QED) is 0.844. The fourth-order valence-corrected chi connectivity index (χ4v) is 3.55. The first-order chi connectivity index (χ1) is 9.47. The maximum absolute atomic E-state index is 12.2. The summed E-state index contributed by atoms with van der Waals surface area (Å²) in [6, 6.07) is -0.442. The van der Waals surface area contributed by atoms with Crippen molar-refractivity contribution in [1.29, 1.82) is 0 Å². The van der Waals surface area contributed by atoms with Crippen LogP contribution in [0.15, 0.2) is 11.2 Å². The van der Waals surface area contributed by atoms with Gasteiger partial charge < -0.3 is 9.55 Å². The SMILES string of the molecule is Cc1ncc(S(=O)(=O)NC(C)c2nnc3n2CCC3)[nH]1. The molecule has 0 bridgehead atoms. The van der Waals surface area contributed by atoms with E-state index in [1.54, 1.807) is 13.8 Å². The zero-order valence-corrected chi connectivity index (χ0v) is 12.1. The summed E-state index contributed by atoms with van der Waals surface area (Å²) >= 11 is 0. The second-order valence-corrected chi connectivity index (χ2v) is 6.59. The van der Waals surface area contributed by atoms with E-state index < -0.39 is 16.1 Å². The minimum absolute atomic E-state index is 0.0583. The van der Waals surface area contributed by atoms with Crippen molar-refractivity contribution < 1.29 is 8.42 Å². The minimum Gasteiger partial charge on any atom is -0.332 e. The molecule has 3 rings (SSSR count). The smallest absolute Gasteiger partial charge is 0.258 e. The van der Waals surface area contributed by atoms with Gasteiger partial charge in [0.25, 0.3) is 10.0 Å². The maximum Gasteiger partial charge on any atom is 0.258 e. The van der Waals surface area contributed by atoms with Crippen LogP contribution in [0.25, 0.3) is 0 Å². The lowest BCUT2D eigenvalue weighted by molar-refractivity contribution is 0.543. The molecule has 2 aromatic rings. The van der Waals surface area contributed by atoms with Gasteiger partial charge in [-0.1, -0.05) is 0 Å². The third-order valence-electron chi connectivity index (χ3n) is 3.33. The van der Waals surface area contributed by atoms with Gasteiger partial charge in [0.05, 0.1) is 12.2 Å². The van der Waals surface area contributed by atoms with Crippen LogP contribution in [-0.4, -0.2) is 33.2 Å². The van der Waals surface area contributed by atoms with Gasteiger partial charge in [-0.2, -0.15) is 4.72 Å². The number of sulfonamides is 1. The Kier molecular flexibility index (Phi) is 3.09. The Bertz CT molecular complexity index is 732. The highest BCUT2D eigenvalue weighted by molar-refractivity contribution is 7.89. The molecule has 8 nitrogen and oxygen atoms in total. The normalized spacial score (nSPS) is 16.3. The van der Waals surface area contributed by atoms with Crippen LogP contribution in [0.3, 0.4) is 0 Å².